The standard InChI is InChI=1S/C12H18N4O3S/c1-13-10(18)4-14-11(19)8-6-20-12(15-8)9-3-7(17)5-16(9)2/h6-7,9,17H,3-5H2,1-2H3,(H,13,18)(H,14,19). The fraction of sp³-hybridized carbons (Fsp3) is 0.583. The van der Waals surface area contributed by atoms with Gasteiger partial charge in [-0.25, -0.2) is 4.98 Å². The number of likely N-dealkylation sites (N-methyl/N-ethyl adjacent to an activating group) is 2. The van der Waals surface area contributed by atoms with Gasteiger partial charge in [0.25, 0.3) is 5.91 Å². The van der Waals surface area contributed by atoms with Gasteiger partial charge in [0.15, 0.2) is 0 Å². The number of carbonyl (C=O) groups excluding carboxylic acids is 2. The molecule has 8 heteroatoms. The molecule has 2 atom stereocenters. The number of β-amino-alcohol motifs (C(OH)–C–C–N with tert-alkyl or cyclic N) is 1. The summed E-state index contributed by atoms with van der Waals surface area (Å²) in [5.41, 5.74) is 0.309. The first-order chi connectivity index (χ1) is 9.51. The average Bonchev–Trinajstić information content (AvgIpc) is 3.02. The van der Waals surface area contributed by atoms with E-state index >= 15 is 0 Å². The first kappa shape index (κ1) is 14.9. The Hall–Kier alpha value is -1.51. The molecule has 0 bridgehead atoms. The molecule has 2 heterocycles. The van der Waals surface area contributed by atoms with Crippen LogP contribution >= 0.6 is 11.3 Å². The van der Waals surface area contributed by atoms with Crippen molar-refractivity contribution >= 4 is 23.2 Å². The minimum Gasteiger partial charge on any atom is -0.392 e. The third kappa shape index (κ3) is 3.33. The molecule has 1 saturated heterocycles. The number of nitrogens with zero attached hydrogens (tertiary/aromatic N) is 2. The van der Waals surface area contributed by atoms with E-state index in [9.17, 15) is 14.7 Å². The van der Waals surface area contributed by atoms with Crippen molar-refractivity contribution < 1.29 is 14.7 Å². The van der Waals surface area contributed by atoms with Crippen LogP contribution in [-0.4, -0.2) is 60.1 Å². The van der Waals surface area contributed by atoms with Crippen LogP contribution in [0.1, 0.15) is 28.0 Å². The molecule has 1 aromatic heterocycles. The lowest BCUT2D eigenvalue weighted by Gasteiger charge is -2.15. The summed E-state index contributed by atoms with van der Waals surface area (Å²) in [7, 11) is 3.43. The number of hydrogen-bond donors (Lipinski definition) is 3. The SMILES string of the molecule is CNC(=O)CNC(=O)c1csc(C2CC(O)CN2C)n1. The molecule has 0 spiro atoms. The van der Waals surface area contributed by atoms with E-state index in [1.165, 1.54) is 18.4 Å². The Bertz CT molecular complexity index is 505. The molecule has 110 valence electrons. The van der Waals surface area contributed by atoms with E-state index in [1.54, 1.807) is 5.38 Å². The summed E-state index contributed by atoms with van der Waals surface area (Å²) in [5.74, 6) is -0.621. The normalized spacial score (nSPS) is 22.8. The number of rotatable bonds is 4. The second kappa shape index (κ2) is 6.29. The highest BCUT2D eigenvalue weighted by Crippen LogP contribution is 2.32. The molecule has 1 aliphatic rings. The maximum Gasteiger partial charge on any atom is 0.271 e. The summed E-state index contributed by atoms with van der Waals surface area (Å²) in [4.78, 5) is 29.2. The van der Waals surface area contributed by atoms with Crippen LogP contribution in [0.3, 0.4) is 0 Å². The number of aromatic nitrogens is 1. The van der Waals surface area contributed by atoms with Crippen LogP contribution in [0.15, 0.2) is 5.38 Å². The minimum absolute atomic E-state index is 0.0514. The van der Waals surface area contributed by atoms with Gasteiger partial charge in [-0.2, -0.15) is 0 Å². The summed E-state index contributed by atoms with van der Waals surface area (Å²) < 4.78 is 0. The predicted molar refractivity (Wildman–Crippen MR) is 74.5 cm³/mol. The Morgan fingerprint density at radius 2 is 2.35 bits per heavy atom. The topological polar surface area (TPSA) is 94.6 Å². The van der Waals surface area contributed by atoms with Gasteiger partial charge in [0, 0.05) is 19.0 Å². The predicted octanol–water partition coefficient (Wildman–Crippen LogP) is -0.644. The van der Waals surface area contributed by atoms with Crippen molar-refractivity contribution in [3.05, 3.63) is 16.1 Å². The lowest BCUT2D eigenvalue weighted by atomic mass is 10.2. The van der Waals surface area contributed by atoms with Crippen LogP contribution in [-0.2, 0) is 4.79 Å². The first-order valence-electron chi connectivity index (χ1n) is 6.33. The van der Waals surface area contributed by atoms with Gasteiger partial charge in [-0.3, -0.25) is 14.5 Å². The highest BCUT2D eigenvalue weighted by Gasteiger charge is 2.31. The van der Waals surface area contributed by atoms with Crippen LogP contribution < -0.4 is 10.6 Å². The van der Waals surface area contributed by atoms with Gasteiger partial charge in [-0.05, 0) is 13.5 Å². The van der Waals surface area contributed by atoms with Crippen LogP contribution in [0.4, 0.5) is 0 Å². The van der Waals surface area contributed by atoms with E-state index in [2.05, 4.69) is 15.6 Å². The summed E-state index contributed by atoms with van der Waals surface area (Å²) in [6.07, 6.45) is 0.281. The lowest BCUT2D eigenvalue weighted by molar-refractivity contribution is -0.119. The monoisotopic (exact) mass is 298 g/mol. The fourth-order valence-electron chi connectivity index (χ4n) is 2.15. The summed E-state index contributed by atoms with van der Waals surface area (Å²) >= 11 is 1.40. The molecule has 2 rings (SSSR count). The van der Waals surface area contributed by atoms with Crippen LogP contribution in [0, 0.1) is 0 Å². The number of carbonyl (C=O) groups is 2. The molecule has 0 aromatic carbocycles. The van der Waals surface area contributed by atoms with Crippen LogP contribution in [0.25, 0.3) is 0 Å². The third-order valence-electron chi connectivity index (χ3n) is 3.25. The van der Waals surface area contributed by atoms with Gasteiger partial charge in [0.05, 0.1) is 18.7 Å². The fourth-order valence-corrected chi connectivity index (χ4v) is 3.12. The van der Waals surface area contributed by atoms with Crippen molar-refractivity contribution in [2.75, 3.05) is 27.2 Å². The van der Waals surface area contributed by atoms with Crippen LogP contribution in [0.5, 0.6) is 0 Å². The van der Waals surface area contributed by atoms with Gasteiger partial charge < -0.3 is 15.7 Å². The number of likely N-dealkylation sites (tertiary alicyclic amines) is 1. The zero-order valence-electron chi connectivity index (χ0n) is 11.4. The molecule has 2 unspecified atom stereocenters. The van der Waals surface area contributed by atoms with Crippen molar-refractivity contribution in [1.82, 2.24) is 20.5 Å². The minimum atomic E-state index is -0.364. The molecule has 1 aliphatic heterocycles. The van der Waals surface area contributed by atoms with Crippen molar-refractivity contribution in [2.24, 2.45) is 0 Å². The van der Waals surface area contributed by atoms with Crippen LogP contribution in [0.2, 0.25) is 0 Å². The molecular formula is C12H18N4O3S. The average molecular weight is 298 g/mol. The van der Waals surface area contributed by atoms with E-state index in [0.717, 1.165) is 5.01 Å². The van der Waals surface area contributed by atoms with E-state index < -0.39 is 0 Å². The number of hydrogen-bond acceptors (Lipinski definition) is 6. The molecule has 0 radical (unpaired) electrons. The van der Waals surface area contributed by atoms with Crippen molar-refractivity contribution in [1.29, 1.82) is 0 Å². The Balaban J connectivity index is 1.98. The first-order valence-corrected chi connectivity index (χ1v) is 7.21. The quantitative estimate of drug-likeness (QED) is 0.687. The molecule has 3 N–H and O–H groups in total. The van der Waals surface area contributed by atoms with E-state index in [-0.39, 0.29) is 30.5 Å². The molecule has 1 fully saturated rings. The molecule has 7 nitrogen and oxygen atoms in total. The lowest BCUT2D eigenvalue weighted by Crippen LogP contribution is -2.35. The molecule has 0 aliphatic carbocycles. The number of thiazole rings is 1. The largest absolute Gasteiger partial charge is 0.392 e. The second-order valence-electron chi connectivity index (χ2n) is 4.77. The molecule has 2 amide bonds. The van der Waals surface area contributed by atoms with Gasteiger partial charge in [0.1, 0.15) is 10.7 Å². The number of aliphatic hydroxyl groups is 1. The van der Waals surface area contributed by atoms with Gasteiger partial charge >= 0.3 is 0 Å². The zero-order valence-corrected chi connectivity index (χ0v) is 12.2. The summed E-state index contributed by atoms with van der Waals surface area (Å²) in [5, 5.41) is 17.0. The number of nitrogens with one attached hydrogen (secondary N) is 2. The highest BCUT2D eigenvalue weighted by atomic mass is 32.1. The number of amides is 2. The maximum atomic E-state index is 11.8. The smallest absolute Gasteiger partial charge is 0.271 e. The van der Waals surface area contributed by atoms with Crippen molar-refractivity contribution in [3.8, 4) is 0 Å². The Morgan fingerprint density at radius 1 is 1.60 bits per heavy atom. The molecule has 0 saturated carbocycles. The number of aliphatic hydroxyl groups excluding tert-OH is 1. The summed E-state index contributed by atoms with van der Waals surface area (Å²) in [6, 6.07) is 0.0514. The van der Waals surface area contributed by atoms with Crippen molar-refractivity contribution in [3.63, 3.8) is 0 Å². The third-order valence-corrected chi connectivity index (χ3v) is 4.20. The van der Waals surface area contributed by atoms with Crippen molar-refractivity contribution in [2.45, 2.75) is 18.6 Å². The second-order valence-corrected chi connectivity index (χ2v) is 5.66. The van der Waals surface area contributed by atoms with Gasteiger partial charge in [0.2, 0.25) is 5.91 Å². The van der Waals surface area contributed by atoms with E-state index in [4.69, 9.17) is 0 Å². The zero-order chi connectivity index (χ0) is 14.7. The maximum absolute atomic E-state index is 11.8. The van der Waals surface area contributed by atoms with E-state index in [1.807, 2.05) is 11.9 Å². The van der Waals surface area contributed by atoms with Gasteiger partial charge in [-0.15, -0.1) is 11.3 Å². The van der Waals surface area contributed by atoms with E-state index in [0.29, 0.717) is 18.7 Å². The molecular weight excluding hydrogens is 280 g/mol. The Labute approximate surface area is 121 Å². The Kier molecular flexibility index (Phi) is 4.69. The Morgan fingerprint density at radius 3 is 2.95 bits per heavy atom. The molecule has 20 heavy (non-hydrogen) atoms. The summed E-state index contributed by atoms with van der Waals surface area (Å²) in [6.45, 7) is 0.548. The molecule has 1 aromatic rings. The van der Waals surface area contributed by atoms with Gasteiger partial charge in [-0.1, -0.05) is 0 Å². The highest BCUT2D eigenvalue weighted by molar-refractivity contribution is 7.09.